The standard InChI is InChI=1S/C15H24N4O4/c1-4-16-15(18-11(2)3)17-9-13(20)10-23-14-7-5-12(6-8-14)19(21)22/h5-8,11,13,20H,4,9-10H2,1-3H3,(H2,16,17,18). The van der Waals surface area contributed by atoms with E-state index in [-0.39, 0.29) is 24.9 Å². The number of non-ortho nitro benzene ring substituents is 1. The second-order valence-corrected chi connectivity index (χ2v) is 5.23. The zero-order valence-electron chi connectivity index (χ0n) is 13.7. The topological polar surface area (TPSA) is 109 Å². The molecule has 0 spiro atoms. The molecule has 0 heterocycles. The Kier molecular flexibility index (Phi) is 7.82. The molecule has 0 aromatic heterocycles. The zero-order valence-corrected chi connectivity index (χ0v) is 13.7. The van der Waals surface area contributed by atoms with Gasteiger partial charge in [-0.05, 0) is 32.9 Å². The van der Waals surface area contributed by atoms with Gasteiger partial charge in [-0.3, -0.25) is 15.1 Å². The fourth-order valence-electron chi connectivity index (χ4n) is 1.70. The van der Waals surface area contributed by atoms with Gasteiger partial charge in [0, 0.05) is 24.7 Å². The van der Waals surface area contributed by atoms with Crippen LogP contribution in [0.4, 0.5) is 5.69 Å². The van der Waals surface area contributed by atoms with Gasteiger partial charge in [0.25, 0.3) is 5.69 Å². The molecular weight excluding hydrogens is 300 g/mol. The number of nitro groups is 1. The van der Waals surface area contributed by atoms with Gasteiger partial charge in [-0.2, -0.15) is 0 Å². The normalized spacial score (nSPS) is 12.8. The number of nitrogens with zero attached hydrogens (tertiary/aromatic N) is 2. The monoisotopic (exact) mass is 324 g/mol. The predicted octanol–water partition coefficient (Wildman–Crippen LogP) is 1.30. The Balaban J connectivity index is 2.46. The van der Waals surface area contributed by atoms with E-state index in [0.29, 0.717) is 11.7 Å². The van der Waals surface area contributed by atoms with Gasteiger partial charge in [0.15, 0.2) is 5.96 Å². The fraction of sp³-hybridized carbons (Fsp3) is 0.533. The van der Waals surface area contributed by atoms with Crippen molar-refractivity contribution in [3.05, 3.63) is 34.4 Å². The van der Waals surface area contributed by atoms with Crippen LogP contribution in [-0.2, 0) is 0 Å². The molecule has 0 saturated carbocycles. The number of aliphatic hydroxyl groups is 1. The van der Waals surface area contributed by atoms with E-state index in [1.165, 1.54) is 24.3 Å². The SMILES string of the molecule is CCNC(=NCC(O)COc1ccc([N+](=O)[O-])cc1)NC(C)C. The third kappa shape index (κ3) is 7.46. The highest BCUT2D eigenvalue weighted by atomic mass is 16.6. The maximum absolute atomic E-state index is 10.6. The van der Waals surface area contributed by atoms with Crippen LogP contribution in [0.15, 0.2) is 29.3 Å². The van der Waals surface area contributed by atoms with Crippen molar-refractivity contribution >= 4 is 11.6 Å². The van der Waals surface area contributed by atoms with Crippen LogP contribution in [0.5, 0.6) is 5.75 Å². The molecule has 1 aromatic rings. The van der Waals surface area contributed by atoms with Crippen molar-refractivity contribution in [3.63, 3.8) is 0 Å². The number of hydrogen-bond acceptors (Lipinski definition) is 5. The summed E-state index contributed by atoms with van der Waals surface area (Å²) in [6.45, 7) is 6.94. The summed E-state index contributed by atoms with van der Waals surface area (Å²) < 4.78 is 5.39. The molecule has 1 unspecified atom stereocenters. The summed E-state index contributed by atoms with van der Waals surface area (Å²) in [4.78, 5) is 14.4. The number of guanidine groups is 1. The van der Waals surface area contributed by atoms with E-state index in [1.54, 1.807) is 0 Å². The van der Waals surface area contributed by atoms with E-state index >= 15 is 0 Å². The molecule has 8 nitrogen and oxygen atoms in total. The Labute approximate surface area is 135 Å². The van der Waals surface area contributed by atoms with E-state index in [1.807, 2.05) is 20.8 Å². The van der Waals surface area contributed by atoms with E-state index in [2.05, 4.69) is 15.6 Å². The summed E-state index contributed by atoms with van der Waals surface area (Å²) in [6, 6.07) is 5.95. The number of nitrogens with one attached hydrogen (secondary N) is 2. The number of aliphatic hydroxyl groups excluding tert-OH is 1. The second kappa shape index (κ2) is 9.62. The molecule has 3 N–H and O–H groups in total. The minimum Gasteiger partial charge on any atom is -0.491 e. The minimum atomic E-state index is -0.771. The lowest BCUT2D eigenvalue weighted by molar-refractivity contribution is -0.384. The van der Waals surface area contributed by atoms with Gasteiger partial charge in [0.2, 0.25) is 0 Å². The molecule has 0 aliphatic rings. The molecule has 0 radical (unpaired) electrons. The highest BCUT2D eigenvalue weighted by Gasteiger charge is 2.08. The molecule has 1 atom stereocenters. The molecule has 1 aromatic carbocycles. The molecule has 0 saturated heterocycles. The lowest BCUT2D eigenvalue weighted by atomic mass is 10.3. The number of nitro benzene ring substituents is 1. The van der Waals surface area contributed by atoms with Gasteiger partial charge >= 0.3 is 0 Å². The average Bonchev–Trinajstić information content (AvgIpc) is 2.50. The summed E-state index contributed by atoms with van der Waals surface area (Å²) in [6.07, 6.45) is -0.771. The minimum absolute atomic E-state index is 0.00228. The number of benzene rings is 1. The highest BCUT2D eigenvalue weighted by molar-refractivity contribution is 5.79. The number of hydrogen-bond donors (Lipinski definition) is 3. The van der Waals surface area contributed by atoms with Crippen molar-refractivity contribution in [2.45, 2.75) is 32.9 Å². The Morgan fingerprint density at radius 3 is 2.57 bits per heavy atom. The van der Waals surface area contributed by atoms with Gasteiger partial charge in [-0.25, -0.2) is 0 Å². The quantitative estimate of drug-likeness (QED) is 0.288. The average molecular weight is 324 g/mol. The van der Waals surface area contributed by atoms with Crippen LogP contribution < -0.4 is 15.4 Å². The molecular formula is C15H24N4O4. The van der Waals surface area contributed by atoms with E-state index in [9.17, 15) is 15.2 Å². The van der Waals surface area contributed by atoms with Gasteiger partial charge in [0.1, 0.15) is 18.5 Å². The first-order chi connectivity index (χ1) is 10.9. The molecule has 23 heavy (non-hydrogen) atoms. The molecule has 0 bridgehead atoms. The van der Waals surface area contributed by atoms with Crippen molar-refractivity contribution in [1.82, 2.24) is 10.6 Å². The van der Waals surface area contributed by atoms with Gasteiger partial charge in [0.05, 0.1) is 11.5 Å². The number of rotatable bonds is 8. The van der Waals surface area contributed by atoms with Gasteiger partial charge in [-0.15, -0.1) is 0 Å². The van der Waals surface area contributed by atoms with Crippen molar-refractivity contribution in [2.24, 2.45) is 4.99 Å². The van der Waals surface area contributed by atoms with Crippen LogP contribution in [0.25, 0.3) is 0 Å². The first kappa shape index (κ1) is 18.7. The molecule has 0 aliphatic heterocycles. The van der Waals surface area contributed by atoms with Gasteiger partial charge in [-0.1, -0.05) is 0 Å². The summed E-state index contributed by atoms with van der Waals surface area (Å²) in [5.74, 6) is 1.10. The molecule has 0 aliphatic carbocycles. The van der Waals surface area contributed by atoms with Gasteiger partial charge < -0.3 is 20.5 Å². The summed E-state index contributed by atoms with van der Waals surface area (Å²) in [5, 5.41) is 26.7. The Morgan fingerprint density at radius 1 is 1.39 bits per heavy atom. The van der Waals surface area contributed by atoms with Crippen LogP contribution in [-0.4, -0.2) is 47.8 Å². The Hall–Kier alpha value is -2.35. The summed E-state index contributed by atoms with van der Waals surface area (Å²) in [5.41, 5.74) is -0.00228. The third-order valence-electron chi connectivity index (χ3n) is 2.72. The lowest BCUT2D eigenvalue weighted by Crippen LogP contribution is -2.41. The van der Waals surface area contributed by atoms with Crippen molar-refractivity contribution in [2.75, 3.05) is 19.7 Å². The third-order valence-corrected chi connectivity index (χ3v) is 2.72. The van der Waals surface area contributed by atoms with Crippen molar-refractivity contribution in [1.29, 1.82) is 0 Å². The van der Waals surface area contributed by atoms with E-state index < -0.39 is 11.0 Å². The van der Waals surface area contributed by atoms with Crippen LogP contribution in [0, 0.1) is 10.1 Å². The van der Waals surface area contributed by atoms with Crippen LogP contribution in [0.2, 0.25) is 0 Å². The molecule has 1 rings (SSSR count). The molecule has 0 fully saturated rings. The van der Waals surface area contributed by atoms with E-state index in [0.717, 1.165) is 6.54 Å². The van der Waals surface area contributed by atoms with E-state index in [4.69, 9.17) is 4.74 Å². The van der Waals surface area contributed by atoms with Crippen LogP contribution >= 0.6 is 0 Å². The van der Waals surface area contributed by atoms with Crippen molar-refractivity contribution < 1.29 is 14.8 Å². The Bertz CT molecular complexity index is 517. The fourth-order valence-corrected chi connectivity index (χ4v) is 1.70. The second-order valence-electron chi connectivity index (χ2n) is 5.23. The molecule has 8 heteroatoms. The zero-order chi connectivity index (χ0) is 17.2. The van der Waals surface area contributed by atoms with Crippen LogP contribution in [0.1, 0.15) is 20.8 Å². The first-order valence-electron chi connectivity index (χ1n) is 7.52. The lowest BCUT2D eigenvalue weighted by Gasteiger charge is -2.15. The largest absolute Gasteiger partial charge is 0.491 e. The maximum Gasteiger partial charge on any atom is 0.269 e. The predicted molar refractivity (Wildman–Crippen MR) is 88.8 cm³/mol. The first-order valence-corrected chi connectivity index (χ1v) is 7.52. The maximum atomic E-state index is 10.6. The number of aliphatic imine (C=N–C) groups is 1. The van der Waals surface area contributed by atoms with Crippen molar-refractivity contribution in [3.8, 4) is 5.75 Å². The molecule has 0 amide bonds. The smallest absolute Gasteiger partial charge is 0.269 e. The highest BCUT2D eigenvalue weighted by Crippen LogP contribution is 2.17. The van der Waals surface area contributed by atoms with Crippen LogP contribution in [0.3, 0.4) is 0 Å². The Morgan fingerprint density at radius 2 is 2.04 bits per heavy atom. The summed E-state index contributed by atoms with van der Waals surface area (Å²) >= 11 is 0. The summed E-state index contributed by atoms with van der Waals surface area (Å²) in [7, 11) is 0. The number of ether oxygens (including phenoxy) is 1. The molecule has 128 valence electrons.